The van der Waals surface area contributed by atoms with E-state index in [-0.39, 0.29) is 0 Å². The van der Waals surface area contributed by atoms with E-state index >= 15 is 0 Å². The van der Waals surface area contributed by atoms with Gasteiger partial charge >= 0.3 is 0 Å². The lowest BCUT2D eigenvalue weighted by Crippen LogP contribution is -2.34. The van der Waals surface area contributed by atoms with Crippen molar-refractivity contribution in [3.63, 3.8) is 0 Å². The van der Waals surface area contributed by atoms with E-state index in [0.717, 1.165) is 18.8 Å². The highest BCUT2D eigenvalue weighted by Crippen LogP contribution is 2.26. The second-order valence-corrected chi connectivity index (χ2v) is 4.21. The minimum atomic E-state index is 0.893. The van der Waals surface area contributed by atoms with E-state index in [1.54, 1.807) is 6.20 Å². The maximum Gasteiger partial charge on any atom is 0.144 e. The number of hydrogen-bond donors (Lipinski definition) is 1. The zero-order chi connectivity index (χ0) is 11.5. The molecule has 0 bridgehead atoms. The number of anilines is 2. The fourth-order valence-corrected chi connectivity index (χ4v) is 2.22. The molecule has 0 aliphatic carbocycles. The second kappa shape index (κ2) is 4.45. The zero-order valence-corrected chi connectivity index (χ0v) is 9.63. The topological polar surface area (TPSA) is 28.2 Å². The Hall–Kier alpha value is -2.03. The summed E-state index contributed by atoms with van der Waals surface area (Å²) in [6, 6.07) is 14.4. The van der Waals surface area contributed by atoms with Crippen LogP contribution < -0.4 is 10.4 Å². The minimum Gasteiger partial charge on any atom is -0.286 e. The quantitative estimate of drug-likeness (QED) is 0.851. The van der Waals surface area contributed by atoms with Crippen molar-refractivity contribution in [2.75, 3.05) is 17.0 Å². The van der Waals surface area contributed by atoms with E-state index < -0.39 is 0 Å². The first-order chi connectivity index (χ1) is 8.43. The number of hydrogen-bond acceptors (Lipinski definition) is 3. The number of rotatable bonds is 2. The van der Waals surface area contributed by atoms with E-state index in [1.165, 1.54) is 17.7 Å². The number of para-hydroxylation sites is 1. The number of aryl methyl sites for hydroxylation is 1. The number of aromatic nitrogens is 1. The molecule has 0 spiro atoms. The van der Waals surface area contributed by atoms with Crippen LogP contribution in [0.5, 0.6) is 0 Å². The molecular formula is C14H15N3. The molecule has 1 aliphatic heterocycles. The summed E-state index contributed by atoms with van der Waals surface area (Å²) in [6.45, 7) is 1.02. The Bertz CT molecular complexity index is 496. The SMILES string of the molecule is c1ccc(NN2CCCc3ccccc32)nc1. The van der Waals surface area contributed by atoms with Gasteiger partial charge in [0.25, 0.3) is 0 Å². The smallest absolute Gasteiger partial charge is 0.144 e. The molecule has 0 saturated heterocycles. The molecule has 1 N–H and O–H groups in total. The predicted molar refractivity (Wildman–Crippen MR) is 70.0 cm³/mol. The number of nitrogens with one attached hydrogen (secondary N) is 1. The summed E-state index contributed by atoms with van der Waals surface area (Å²) in [5, 5.41) is 2.18. The first kappa shape index (κ1) is 10.1. The lowest BCUT2D eigenvalue weighted by atomic mass is 10.0. The van der Waals surface area contributed by atoms with Crippen molar-refractivity contribution < 1.29 is 0 Å². The van der Waals surface area contributed by atoms with Gasteiger partial charge in [-0.15, -0.1) is 0 Å². The highest BCUT2D eigenvalue weighted by atomic mass is 15.5. The Morgan fingerprint density at radius 3 is 2.82 bits per heavy atom. The Labute approximate surface area is 101 Å². The molecule has 1 aromatic carbocycles. The number of fused-ring (bicyclic) bond motifs is 1. The Morgan fingerprint density at radius 2 is 1.94 bits per heavy atom. The molecule has 3 heteroatoms. The van der Waals surface area contributed by atoms with Crippen molar-refractivity contribution in [2.45, 2.75) is 12.8 Å². The van der Waals surface area contributed by atoms with Crippen LogP contribution in [0.25, 0.3) is 0 Å². The molecule has 3 nitrogen and oxygen atoms in total. The molecule has 0 radical (unpaired) electrons. The van der Waals surface area contributed by atoms with Crippen molar-refractivity contribution >= 4 is 11.5 Å². The van der Waals surface area contributed by atoms with Gasteiger partial charge in [-0.05, 0) is 36.6 Å². The molecule has 86 valence electrons. The first-order valence-electron chi connectivity index (χ1n) is 5.96. The first-order valence-corrected chi connectivity index (χ1v) is 5.96. The average molecular weight is 225 g/mol. The maximum atomic E-state index is 4.29. The predicted octanol–water partition coefficient (Wildman–Crippen LogP) is 2.86. The summed E-state index contributed by atoms with van der Waals surface area (Å²) in [4.78, 5) is 4.29. The zero-order valence-electron chi connectivity index (χ0n) is 9.63. The molecule has 2 heterocycles. The molecule has 0 unspecified atom stereocenters. The third kappa shape index (κ3) is 2.09. The Morgan fingerprint density at radius 1 is 1.06 bits per heavy atom. The van der Waals surface area contributed by atoms with Gasteiger partial charge in [0.2, 0.25) is 0 Å². The summed E-state index contributed by atoms with van der Waals surface area (Å²) in [7, 11) is 0. The van der Waals surface area contributed by atoms with Crippen molar-refractivity contribution in [3.8, 4) is 0 Å². The Balaban J connectivity index is 1.86. The third-order valence-electron chi connectivity index (χ3n) is 3.02. The lowest BCUT2D eigenvalue weighted by molar-refractivity contribution is 0.737. The van der Waals surface area contributed by atoms with E-state index in [1.807, 2.05) is 18.2 Å². The van der Waals surface area contributed by atoms with E-state index in [9.17, 15) is 0 Å². The van der Waals surface area contributed by atoms with Crippen LogP contribution in [-0.4, -0.2) is 11.5 Å². The van der Waals surface area contributed by atoms with Gasteiger partial charge in [0.15, 0.2) is 0 Å². The van der Waals surface area contributed by atoms with E-state index in [4.69, 9.17) is 0 Å². The molecule has 3 rings (SSSR count). The summed E-state index contributed by atoms with van der Waals surface area (Å²) in [5.41, 5.74) is 6.03. The van der Waals surface area contributed by atoms with Crippen LogP contribution in [-0.2, 0) is 6.42 Å². The van der Waals surface area contributed by atoms with Crippen LogP contribution >= 0.6 is 0 Å². The summed E-state index contributed by atoms with van der Waals surface area (Å²) >= 11 is 0. The van der Waals surface area contributed by atoms with Crippen molar-refractivity contribution in [1.82, 2.24) is 4.98 Å². The molecule has 0 fully saturated rings. The van der Waals surface area contributed by atoms with E-state index in [0.29, 0.717) is 0 Å². The number of nitrogens with zero attached hydrogens (tertiary/aromatic N) is 2. The monoisotopic (exact) mass is 225 g/mol. The Kier molecular flexibility index (Phi) is 2.66. The largest absolute Gasteiger partial charge is 0.286 e. The molecule has 1 aromatic heterocycles. The molecule has 17 heavy (non-hydrogen) atoms. The highest BCUT2D eigenvalue weighted by molar-refractivity contribution is 5.59. The van der Waals surface area contributed by atoms with Crippen molar-refractivity contribution in [3.05, 3.63) is 54.2 Å². The highest BCUT2D eigenvalue weighted by Gasteiger charge is 2.15. The lowest BCUT2D eigenvalue weighted by Gasteiger charge is -2.31. The maximum absolute atomic E-state index is 4.29. The number of hydrazine groups is 1. The van der Waals surface area contributed by atoms with Gasteiger partial charge < -0.3 is 0 Å². The van der Waals surface area contributed by atoms with E-state index in [2.05, 4.69) is 39.7 Å². The van der Waals surface area contributed by atoms with Gasteiger partial charge in [-0.3, -0.25) is 10.4 Å². The molecular weight excluding hydrogens is 210 g/mol. The normalized spacial score (nSPS) is 14.2. The summed E-state index contributed by atoms with van der Waals surface area (Å²) in [6.07, 6.45) is 4.14. The fraction of sp³-hybridized carbons (Fsp3) is 0.214. The molecule has 2 aromatic rings. The van der Waals surface area contributed by atoms with Gasteiger partial charge in [-0.2, -0.15) is 0 Å². The average Bonchev–Trinajstić information content (AvgIpc) is 2.40. The van der Waals surface area contributed by atoms with Crippen molar-refractivity contribution in [1.29, 1.82) is 0 Å². The van der Waals surface area contributed by atoms with Crippen LogP contribution in [0.2, 0.25) is 0 Å². The van der Waals surface area contributed by atoms with Crippen molar-refractivity contribution in [2.24, 2.45) is 0 Å². The number of pyridine rings is 1. The van der Waals surface area contributed by atoms with Crippen LogP contribution in [0.15, 0.2) is 48.7 Å². The molecule has 0 atom stereocenters. The minimum absolute atomic E-state index is 0.893. The second-order valence-electron chi connectivity index (χ2n) is 4.21. The van der Waals surface area contributed by atoms with Gasteiger partial charge in [0.1, 0.15) is 5.82 Å². The summed E-state index contributed by atoms with van der Waals surface area (Å²) in [5.74, 6) is 0.893. The molecule has 0 saturated carbocycles. The fourth-order valence-electron chi connectivity index (χ4n) is 2.22. The van der Waals surface area contributed by atoms with Gasteiger partial charge in [-0.1, -0.05) is 24.3 Å². The van der Waals surface area contributed by atoms with Gasteiger partial charge in [-0.25, -0.2) is 4.98 Å². The van der Waals surface area contributed by atoms with Crippen LogP contribution in [0, 0.1) is 0 Å². The number of benzene rings is 1. The van der Waals surface area contributed by atoms with Gasteiger partial charge in [0, 0.05) is 12.7 Å². The van der Waals surface area contributed by atoms with Crippen LogP contribution in [0.1, 0.15) is 12.0 Å². The standard InChI is InChI=1S/C14H15N3/c1-2-8-13-12(6-1)7-5-11-17(13)16-14-9-3-4-10-15-14/h1-4,6,8-10H,5,7,11H2,(H,15,16). The molecule has 0 amide bonds. The molecule has 1 aliphatic rings. The third-order valence-corrected chi connectivity index (χ3v) is 3.02. The summed E-state index contributed by atoms with van der Waals surface area (Å²) < 4.78 is 0. The van der Waals surface area contributed by atoms with Gasteiger partial charge in [0.05, 0.1) is 5.69 Å². The van der Waals surface area contributed by atoms with Crippen LogP contribution in [0.3, 0.4) is 0 Å². The van der Waals surface area contributed by atoms with Crippen LogP contribution in [0.4, 0.5) is 11.5 Å².